The zero-order chi connectivity index (χ0) is 12.3. The molecule has 3 N–H and O–H groups in total. The number of benzene rings is 1. The Morgan fingerprint density at radius 1 is 1.50 bits per heavy atom. The standard InChI is InChI=1S/C12H16FNO2/c1-7(2)9-5-8(3-4-10(9)13)6-11(14)12(15)16/h3-5,7,11H,6,14H2,1-2H3,(H,15,16). The first kappa shape index (κ1) is 12.6. The van der Waals surface area contributed by atoms with E-state index >= 15 is 0 Å². The summed E-state index contributed by atoms with van der Waals surface area (Å²) in [4.78, 5) is 10.6. The zero-order valence-corrected chi connectivity index (χ0v) is 9.40. The first-order valence-corrected chi connectivity index (χ1v) is 5.18. The number of rotatable bonds is 4. The molecule has 0 aliphatic carbocycles. The Morgan fingerprint density at radius 3 is 2.62 bits per heavy atom. The van der Waals surface area contributed by atoms with E-state index in [9.17, 15) is 9.18 Å². The molecule has 1 unspecified atom stereocenters. The van der Waals surface area contributed by atoms with E-state index in [2.05, 4.69) is 0 Å². The smallest absolute Gasteiger partial charge is 0.320 e. The lowest BCUT2D eigenvalue weighted by Gasteiger charge is -2.11. The summed E-state index contributed by atoms with van der Waals surface area (Å²) in [7, 11) is 0. The second kappa shape index (κ2) is 5.07. The number of carboxylic acid groups (broad SMARTS) is 1. The molecule has 0 bridgehead atoms. The zero-order valence-electron chi connectivity index (χ0n) is 9.40. The van der Waals surface area contributed by atoms with E-state index in [4.69, 9.17) is 10.8 Å². The molecule has 0 spiro atoms. The maximum atomic E-state index is 13.4. The maximum absolute atomic E-state index is 13.4. The lowest BCUT2D eigenvalue weighted by atomic mass is 9.97. The largest absolute Gasteiger partial charge is 0.480 e. The van der Waals surface area contributed by atoms with Crippen LogP contribution in [0.5, 0.6) is 0 Å². The first-order chi connectivity index (χ1) is 7.41. The highest BCUT2D eigenvalue weighted by molar-refractivity contribution is 5.73. The number of aliphatic carboxylic acids is 1. The van der Waals surface area contributed by atoms with Crippen molar-refractivity contribution in [3.05, 3.63) is 35.1 Å². The molecule has 0 fully saturated rings. The van der Waals surface area contributed by atoms with Crippen molar-refractivity contribution in [1.29, 1.82) is 0 Å². The summed E-state index contributed by atoms with van der Waals surface area (Å²) in [6.07, 6.45) is 0.218. The Balaban J connectivity index is 2.91. The second-order valence-electron chi connectivity index (χ2n) is 4.16. The molecule has 0 heterocycles. The van der Waals surface area contributed by atoms with Gasteiger partial charge in [0.25, 0.3) is 0 Å². The number of nitrogens with two attached hydrogens (primary N) is 1. The van der Waals surface area contributed by atoms with Crippen molar-refractivity contribution in [2.45, 2.75) is 32.2 Å². The molecule has 0 saturated carbocycles. The van der Waals surface area contributed by atoms with Crippen molar-refractivity contribution in [2.24, 2.45) is 5.73 Å². The number of hydrogen-bond acceptors (Lipinski definition) is 2. The van der Waals surface area contributed by atoms with Crippen LogP contribution in [0.3, 0.4) is 0 Å². The SMILES string of the molecule is CC(C)c1cc(CC(N)C(=O)O)ccc1F. The van der Waals surface area contributed by atoms with E-state index in [-0.39, 0.29) is 18.2 Å². The van der Waals surface area contributed by atoms with Crippen LogP contribution in [0.4, 0.5) is 4.39 Å². The van der Waals surface area contributed by atoms with E-state index in [1.165, 1.54) is 6.07 Å². The predicted molar refractivity (Wildman–Crippen MR) is 59.8 cm³/mol. The minimum atomic E-state index is -1.05. The molecule has 1 rings (SSSR count). The van der Waals surface area contributed by atoms with Crippen LogP contribution in [-0.2, 0) is 11.2 Å². The Kier molecular flexibility index (Phi) is 4.01. The van der Waals surface area contributed by atoms with Crippen LogP contribution >= 0.6 is 0 Å². The number of halogens is 1. The highest BCUT2D eigenvalue weighted by atomic mass is 19.1. The highest BCUT2D eigenvalue weighted by Crippen LogP contribution is 2.20. The van der Waals surface area contributed by atoms with Gasteiger partial charge in [-0.15, -0.1) is 0 Å². The lowest BCUT2D eigenvalue weighted by Crippen LogP contribution is -2.32. The predicted octanol–water partition coefficient (Wildman–Crippen LogP) is 1.90. The fourth-order valence-electron chi connectivity index (χ4n) is 1.50. The first-order valence-electron chi connectivity index (χ1n) is 5.18. The van der Waals surface area contributed by atoms with Gasteiger partial charge in [-0.05, 0) is 29.5 Å². The molecule has 16 heavy (non-hydrogen) atoms. The van der Waals surface area contributed by atoms with Crippen molar-refractivity contribution in [2.75, 3.05) is 0 Å². The average molecular weight is 225 g/mol. The van der Waals surface area contributed by atoms with Crippen LogP contribution in [0.25, 0.3) is 0 Å². The average Bonchev–Trinajstić information content (AvgIpc) is 2.20. The van der Waals surface area contributed by atoms with Crippen LogP contribution < -0.4 is 5.73 Å². The van der Waals surface area contributed by atoms with Crippen LogP contribution in [0.1, 0.15) is 30.9 Å². The normalized spacial score (nSPS) is 12.8. The topological polar surface area (TPSA) is 63.3 Å². The summed E-state index contributed by atoms with van der Waals surface area (Å²) < 4.78 is 13.4. The van der Waals surface area contributed by atoms with Crippen LogP contribution in [0.2, 0.25) is 0 Å². The van der Waals surface area contributed by atoms with Crippen molar-refractivity contribution < 1.29 is 14.3 Å². The molecule has 0 radical (unpaired) electrons. The maximum Gasteiger partial charge on any atom is 0.320 e. The molecule has 0 aromatic heterocycles. The third kappa shape index (κ3) is 3.03. The van der Waals surface area contributed by atoms with Gasteiger partial charge in [0, 0.05) is 0 Å². The van der Waals surface area contributed by atoms with Gasteiger partial charge < -0.3 is 10.8 Å². The van der Waals surface area contributed by atoms with Crippen LogP contribution in [-0.4, -0.2) is 17.1 Å². The summed E-state index contributed by atoms with van der Waals surface area (Å²) in [6.45, 7) is 3.78. The van der Waals surface area contributed by atoms with Gasteiger partial charge in [0.1, 0.15) is 11.9 Å². The summed E-state index contributed by atoms with van der Waals surface area (Å²) in [5.74, 6) is -1.24. The van der Waals surface area contributed by atoms with Crippen molar-refractivity contribution in [3.8, 4) is 0 Å². The van der Waals surface area contributed by atoms with E-state index < -0.39 is 12.0 Å². The molecule has 0 aliphatic heterocycles. The van der Waals surface area contributed by atoms with Gasteiger partial charge in [0.2, 0.25) is 0 Å². The summed E-state index contributed by atoms with van der Waals surface area (Å²) in [6, 6.07) is 3.68. The fraction of sp³-hybridized carbons (Fsp3) is 0.417. The van der Waals surface area contributed by atoms with Crippen LogP contribution in [0, 0.1) is 5.82 Å². The van der Waals surface area contributed by atoms with E-state index in [1.807, 2.05) is 13.8 Å². The molecule has 3 nitrogen and oxygen atoms in total. The Morgan fingerprint density at radius 2 is 2.12 bits per heavy atom. The Hall–Kier alpha value is -1.42. The molecular weight excluding hydrogens is 209 g/mol. The number of carboxylic acids is 1. The van der Waals surface area contributed by atoms with Crippen LogP contribution in [0.15, 0.2) is 18.2 Å². The molecule has 4 heteroatoms. The molecule has 1 atom stereocenters. The molecule has 0 aliphatic rings. The second-order valence-corrected chi connectivity index (χ2v) is 4.16. The van der Waals surface area contributed by atoms with Crippen molar-refractivity contribution in [1.82, 2.24) is 0 Å². The third-order valence-electron chi connectivity index (χ3n) is 2.46. The van der Waals surface area contributed by atoms with Crippen molar-refractivity contribution in [3.63, 3.8) is 0 Å². The van der Waals surface area contributed by atoms with Gasteiger partial charge >= 0.3 is 5.97 Å². The summed E-state index contributed by atoms with van der Waals surface area (Å²) in [5, 5.41) is 8.68. The molecule has 1 aromatic carbocycles. The molecule has 88 valence electrons. The minimum Gasteiger partial charge on any atom is -0.480 e. The van der Waals surface area contributed by atoms with Gasteiger partial charge in [-0.1, -0.05) is 26.0 Å². The van der Waals surface area contributed by atoms with Gasteiger partial charge in [-0.3, -0.25) is 4.79 Å². The Bertz CT molecular complexity index is 391. The Labute approximate surface area is 94.1 Å². The molecule has 0 amide bonds. The quantitative estimate of drug-likeness (QED) is 0.822. The number of hydrogen-bond donors (Lipinski definition) is 2. The highest BCUT2D eigenvalue weighted by Gasteiger charge is 2.14. The fourth-order valence-corrected chi connectivity index (χ4v) is 1.50. The van der Waals surface area contributed by atoms with E-state index in [0.29, 0.717) is 5.56 Å². The molecular formula is C12H16FNO2. The third-order valence-corrected chi connectivity index (χ3v) is 2.46. The molecule has 0 saturated heterocycles. The van der Waals surface area contributed by atoms with Gasteiger partial charge in [0.15, 0.2) is 0 Å². The summed E-state index contributed by atoms with van der Waals surface area (Å²) >= 11 is 0. The van der Waals surface area contributed by atoms with Gasteiger partial charge in [-0.2, -0.15) is 0 Å². The van der Waals surface area contributed by atoms with Crippen molar-refractivity contribution >= 4 is 5.97 Å². The minimum absolute atomic E-state index is 0.0704. The monoisotopic (exact) mass is 225 g/mol. The number of carbonyl (C=O) groups is 1. The van der Waals surface area contributed by atoms with E-state index in [0.717, 1.165) is 5.56 Å². The lowest BCUT2D eigenvalue weighted by molar-refractivity contribution is -0.138. The van der Waals surface area contributed by atoms with Gasteiger partial charge in [-0.25, -0.2) is 4.39 Å². The van der Waals surface area contributed by atoms with E-state index in [1.54, 1.807) is 12.1 Å². The molecule has 1 aromatic rings. The van der Waals surface area contributed by atoms with Gasteiger partial charge in [0.05, 0.1) is 0 Å². The summed E-state index contributed by atoms with van der Waals surface area (Å²) in [5.41, 5.74) is 6.76.